The van der Waals surface area contributed by atoms with Gasteiger partial charge < -0.3 is 10.5 Å². The number of cyclic esters (lactones) is 1. The Morgan fingerprint density at radius 2 is 2.21 bits per heavy atom. The Hall–Kier alpha value is -1.59. The predicted molar refractivity (Wildman–Crippen MR) is 72.6 cm³/mol. The van der Waals surface area contributed by atoms with E-state index >= 15 is 0 Å². The molecule has 1 heterocycles. The van der Waals surface area contributed by atoms with Gasteiger partial charge in [0.2, 0.25) is 0 Å². The monoisotopic (exact) mass is 269 g/mol. The Morgan fingerprint density at radius 1 is 1.47 bits per heavy atom. The molecule has 0 radical (unpaired) electrons. The molecule has 6 heteroatoms. The second-order valence-electron chi connectivity index (χ2n) is 4.94. The van der Waals surface area contributed by atoms with E-state index in [4.69, 9.17) is 10.5 Å². The van der Waals surface area contributed by atoms with Crippen molar-refractivity contribution in [1.29, 1.82) is 0 Å². The van der Waals surface area contributed by atoms with Gasteiger partial charge in [-0.25, -0.2) is 10.2 Å². The molecule has 19 heavy (non-hydrogen) atoms. The van der Waals surface area contributed by atoms with Crippen LogP contribution in [0, 0.1) is 5.92 Å². The molecule has 6 nitrogen and oxygen atoms in total. The standard InChI is InChI=1S/C13H23N3O3/c1-3-4-5-6-7-10-8-11(19-12(10)17)9(2)15-16-13(14)18/h10-11H,3-8H2,1-2H3,(H3,14,16,18)/b15-9-/t10-,11+/m1/s1. The minimum absolute atomic E-state index is 0.0411. The van der Waals surface area contributed by atoms with E-state index in [1.807, 2.05) is 0 Å². The molecule has 1 aliphatic rings. The Morgan fingerprint density at radius 3 is 2.84 bits per heavy atom. The molecule has 0 bridgehead atoms. The molecule has 0 unspecified atom stereocenters. The van der Waals surface area contributed by atoms with Crippen molar-refractivity contribution in [3.63, 3.8) is 0 Å². The molecule has 2 amide bonds. The number of ether oxygens (including phenoxy) is 1. The summed E-state index contributed by atoms with van der Waals surface area (Å²) >= 11 is 0. The van der Waals surface area contributed by atoms with Crippen LogP contribution >= 0.6 is 0 Å². The number of carbonyl (C=O) groups is 2. The molecule has 108 valence electrons. The topological polar surface area (TPSA) is 93.8 Å². The zero-order valence-electron chi connectivity index (χ0n) is 11.6. The number of hydrogen-bond donors (Lipinski definition) is 2. The minimum Gasteiger partial charge on any atom is -0.456 e. The van der Waals surface area contributed by atoms with E-state index in [1.165, 1.54) is 12.8 Å². The van der Waals surface area contributed by atoms with Gasteiger partial charge in [0, 0.05) is 6.42 Å². The van der Waals surface area contributed by atoms with Crippen molar-refractivity contribution in [2.75, 3.05) is 0 Å². The average Bonchev–Trinajstić information content (AvgIpc) is 2.73. The fourth-order valence-corrected chi connectivity index (χ4v) is 2.16. The summed E-state index contributed by atoms with van der Waals surface area (Å²) in [6, 6.07) is -0.722. The number of nitrogens with zero attached hydrogens (tertiary/aromatic N) is 1. The highest BCUT2D eigenvalue weighted by molar-refractivity contribution is 5.91. The molecule has 0 aromatic carbocycles. The van der Waals surface area contributed by atoms with Gasteiger partial charge in [-0.15, -0.1) is 0 Å². The van der Waals surface area contributed by atoms with Crippen molar-refractivity contribution in [2.45, 2.75) is 58.5 Å². The summed E-state index contributed by atoms with van der Waals surface area (Å²) in [5.41, 5.74) is 7.64. The van der Waals surface area contributed by atoms with Gasteiger partial charge in [0.1, 0.15) is 6.10 Å². The first-order valence-corrected chi connectivity index (χ1v) is 6.84. The number of hydrazone groups is 1. The molecule has 1 fully saturated rings. The number of esters is 1. The van der Waals surface area contributed by atoms with Crippen LogP contribution in [0.25, 0.3) is 0 Å². The van der Waals surface area contributed by atoms with Crippen LogP contribution in [0.4, 0.5) is 4.79 Å². The lowest BCUT2D eigenvalue weighted by molar-refractivity contribution is -0.142. The van der Waals surface area contributed by atoms with E-state index in [2.05, 4.69) is 17.5 Å². The minimum atomic E-state index is -0.722. The Kier molecular flexibility index (Phi) is 6.32. The lowest BCUT2D eigenvalue weighted by Gasteiger charge is -2.07. The van der Waals surface area contributed by atoms with Gasteiger partial charge in [0.15, 0.2) is 0 Å². The first kappa shape index (κ1) is 15.5. The van der Waals surface area contributed by atoms with Crippen molar-refractivity contribution in [2.24, 2.45) is 16.8 Å². The maximum Gasteiger partial charge on any atom is 0.332 e. The summed E-state index contributed by atoms with van der Waals surface area (Å²) < 4.78 is 5.26. The zero-order valence-corrected chi connectivity index (χ0v) is 11.6. The van der Waals surface area contributed by atoms with E-state index in [0.29, 0.717) is 12.1 Å². The summed E-state index contributed by atoms with van der Waals surface area (Å²) in [4.78, 5) is 22.2. The van der Waals surface area contributed by atoms with Gasteiger partial charge in [-0.05, 0) is 13.3 Å². The highest BCUT2D eigenvalue weighted by atomic mass is 16.6. The SMILES string of the molecule is CCCCCC[C@@H]1C[C@@H](/C(C)=N\NC(N)=O)OC1=O. The normalized spacial score (nSPS) is 23.3. The molecule has 2 atom stereocenters. The molecule has 0 aliphatic carbocycles. The van der Waals surface area contributed by atoms with Crippen LogP contribution in [0.5, 0.6) is 0 Å². The number of urea groups is 1. The van der Waals surface area contributed by atoms with Crippen molar-refractivity contribution in [3.05, 3.63) is 0 Å². The highest BCUT2D eigenvalue weighted by Gasteiger charge is 2.35. The third kappa shape index (κ3) is 5.28. The summed E-state index contributed by atoms with van der Waals surface area (Å²) in [6.45, 7) is 3.87. The maximum atomic E-state index is 11.7. The molecule has 0 aromatic rings. The third-order valence-corrected chi connectivity index (χ3v) is 3.30. The second kappa shape index (κ2) is 7.76. The van der Waals surface area contributed by atoms with E-state index in [9.17, 15) is 9.59 Å². The van der Waals surface area contributed by atoms with Gasteiger partial charge in [-0.3, -0.25) is 4.79 Å². The molecule has 1 aliphatic heterocycles. The van der Waals surface area contributed by atoms with Crippen LogP contribution < -0.4 is 11.2 Å². The Bertz CT molecular complexity index is 355. The molecule has 1 rings (SSSR count). The lowest BCUT2D eigenvalue weighted by atomic mass is 9.96. The van der Waals surface area contributed by atoms with Crippen molar-refractivity contribution < 1.29 is 14.3 Å². The number of amides is 2. The van der Waals surface area contributed by atoms with Crippen molar-refractivity contribution in [3.8, 4) is 0 Å². The number of unbranched alkanes of at least 4 members (excludes halogenated alkanes) is 3. The van der Waals surface area contributed by atoms with Crippen LogP contribution in [0.2, 0.25) is 0 Å². The number of nitrogens with one attached hydrogen (secondary N) is 1. The van der Waals surface area contributed by atoms with Crippen LogP contribution in [0.1, 0.15) is 52.4 Å². The Balaban J connectivity index is 2.39. The van der Waals surface area contributed by atoms with Crippen LogP contribution in [0.15, 0.2) is 5.10 Å². The summed E-state index contributed by atoms with van der Waals surface area (Å²) in [6.07, 6.45) is 5.76. The predicted octanol–water partition coefficient (Wildman–Crippen LogP) is 1.93. The largest absolute Gasteiger partial charge is 0.456 e. The zero-order chi connectivity index (χ0) is 14.3. The molecular weight excluding hydrogens is 246 g/mol. The number of nitrogens with two attached hydrogens (primary N) is 1. The van der Waals surface area contributed by atoms with Crippen LogP contribution in [-0.2, 0) is 9.53 Å². The van der Waals surface area contributed by atoms with Crippen LogP contribution in [-0.4, -0.2) is 23.8 Å². The smallest absolute Gasteiger partial charge is 0.332 e. The summed E-state index contributed by atoms with van der Waals surface area (Å²) in [7, 11) is 0. The molecule has 0 spiro atoms. The molecule has 3 N–H and O–H groups in total. The van der Waals surface area contributed by atoms with E-state index < -0.39 is 6.03 Å². The number of rotatable bonds is 7. The van der Waals surface area contributed by atoms with Gasteiger partial charge >= 0.3 is 12.0 Å². The fraction of sp³-hybridized carbons (Fsp3) is 0.769. The van der Waals surface area contributed by atoms with Crippen molar-refractivity contribution >= 4 is 17.7 Å². The molecule has 0 aromatic heterocycles. The van der Waals surface area contributed by atoms with Gasteiger partial charge in [0.05, 0.1) is 11.6 Å². The average molecular weight is 269 g/mol. The fourth-order valence-electron chi connectivity index (χ4n) is 2.16. The molecular formula is C13H23N3O3. The Labute approximate surface area is 113 Å². The molecule has 0 saturated carbocycles. The maximum absolute atomic E-state index is 11.7. The highest BCUT2D eigenvalue weighted by Crippen LogP contribution is 2.27. The van der Waals surface area contributed by atoms with E-state index in [0.717, 1.165) is 19.3 Å². The van der Waals surface area contributed by atoms with E-state index in [-0.39, 0.29) is 18.0 Å². The summed E-state index contributed by atoms with van der Waals surface area (Å²) in [5, 5.41) is 3.80. The van der Waals surface area contributed by atoms with Crippen LogP contribution in [0.3, 0.4) is 0 Å². The molecule has 1 saturated heterocycles. The van der Waals surface area contributed by atoms with E-state index in [1.54, 1.807) is 6.92 Å². The first-order chi connectivity index (χ1) is 9.04. The summed E-state index contributed by atoms with van der Waals surface area (Å²) in [5.74, 6) is -0.198. The first-order valence-electron chi connectivity index (χ1n) is 6.84. The number of carbonyl (C=O) groups excluding carboxylic acids is 2. The number of hydrogen-bond acceptors (Lipinski definition) is 4. The lowest BCUT2D eigenvalue weighted by Crippen LogP contribution is -2.28. The van der Waals surface area contributed by atoms with Gasteiger partial charge in [-0.2, -0.15) is 5.10 Å². The van der Waals surface area contributed by atoms with Gasteiger partial charge in [-0.1, -0.05) is 32.6 Å². The quantitative estimate of drug-likeness (QED) is 0.320. The van der Waals surface area contributed by atoms with Crippen molar-refractivity contribution in [1.82, 2.24) is 5.43 Å². The third-order valence-electron chi connectivity index (χ3n) is 3.30. The number of primary amides is 1. The second-order valence-corrected chi connectivity index (χ2v) is 4.94. The van der Waals surface area contributed by atoms with Gasteiger partial charge in [0.25, 0.3) is 0 Å².